The molecule has 1 amide bonds. The van der Waals surface area contributed by atoms with E-state index < -0.39 is 23.7 Å². The second kappa shape index (κ2) is 5.63. The molecule has 0 aliphatic carbocycles. The Labute approximate surface area is 118 Å². The van der Waals surface area contributed by atoms with Crippen LogP contribution >= 0.6 is 0 Å². The zero-order chi connectivity index (χ0) is 14.8. The largest absolute Gasteiger partial charge is 0.458 e. The monoisotopic (exact) mass is 277 g/mol. The van der Waals surface area contributed by atoms with E-state index in [9.17, 15) is 9.59 Å². The van der Waals surface area contributed by atoms with Crippen LogP contribution in [-0.4, -0.2) is 29.6 Å². The lowest BCUT2D eigenvalue weighted by atomic mass is 10.0. The molecule has 108 valence electrons. The summed E-state index contributed by atoms with van der Waals surface area (Å²) in [6.45, 7) is 5.64. The average molecular weight is 277 g/mol. The molecule has 1 fully saturated rings. The maximum atomic E-state index is 11.9. The maximum Gasteiger partial charge on any atom is 0.332 e. The molecule has 1 aromatic carbocycles. The number of carbonyl (C=O) groups is 2. The fraction of sp³-hybridized carbons (Fsp3) is 0.467. The van der Waals surface area contributed by atoms with Crippen LogP contribution in [0.4, 0.5) is 0 Å². The van der Waals surface area contributed by atoms with Crippen molar-refractivity contribution in [2.24, 2.45) is 0 Å². The van der Waals surface area contributed by atoms with Crippen molar-refractivity contribution in [1.29, 1.82) is 0 Å². The summed E-state index contributed by atoms with van der Waals surface area (Å²) in [6, 6.07) is 8.78. The Balaban J connectivity index is 1.90. The van der Waals surface area contributed by atoms with Crippen LogP contribution in [0.1, 0.15) is 26.3 Å². The highest BCUT2D eigenvalue weighted by Gasteiger charge is 2.47. The fourth-order valence-corrected chi connectivity index (χ4v) is 1.85. The molecule has 1 heterocycles. The van der Waals surface area contributed by atoms with Gasteiger partial charge >= 0.3 is 5.97 Å². The van der Waals surface area contributed by atoms with E-state index in [0.29, 0.717) is 0 Å². The SMILES string of the molecule is CC(C)(C)OC(=O)[C@@H]1NC(=O)[C@@H]1OCc1ccccc1. The average Bonchev–Trinajstić information content (AvgIpc) is 2.35. The van der Waals surface area contributed by atoms with E-state index in [4.69, 9.17) is 9.47 Å². The van der Waals surface area contributed by atoms with Gasteiger partial charge in [0.2, 0.25) is 0 Å². The smallest absolute Gasteiger partial charge is 0.332 e. The predicted octanol–water partition coefficient (Wildman–Crippen LogP) is 1.41. The Morgan fingerprint density at radius 2 is 1.90 bits per heavy atom. The first-order valence-corrected chi connectivity index (χ1v) is 6.55. The van der Waals surface area contributed by atoms with Gasteiger partial charge in [-0.15, -0.1) is 0 Å². The van der Waals surface area contributed by atoms with Gasteiger partial charge in [0.25, 0.3) is 5.91 Å². The van der Waals surface area contributed by atoms with Crippen molar-refractivity contribution in [3.05, 3.63) is 35.9 Å². The second-order valence-electron chi connectivity index (χ2n) is 5.74. The van der Waals surface area contributed by atoms with Crippen LogP contribution in [0, 0.1) is 0 Å². The number of esters is 1. The Bertz CT molecular complexity index is 492. The molecule has 1 saturated heterocycles. The van der Waals surface area contributed by atoms with Gasteiger partial charge in [-0.1, -0.05) is 30.3 Å². The fourth-order valence-electron chi connectivity index (χ4n) is 1.85. The van der Waals surface area contributed by atoms with Crippen LogP contribution in [0.2, 0.25) is 0 Å². The first kappa shape index (κ1) is 14.5. The lowest BCUT2D eigenvalue weighted by molar-refractivity contribution is -0.175. The summed E-state index contributed by atoms with van der Waals surface area (Å²) in [6.07, 6.45) is -0.773. The van der Waals surface area contributed by atoms with E-state index >= 15 is 0 Å². The first-order chi connectivity index (χ1) is 9.37. The molecular weight excluding hydrogens is 258 g/mol. The number of amides is 1. The Morgan fingerprint density at radius 1 is 1.25 bits per heavy atom. The zero-order valence-corrected chi connectivity index (χ0v) is 11.9. The molecule has 0 saturated carbocycles. The van der Waals surface area contributed by atoms with Crippen LogP contribution in [0.3, 0.4) is 0 Å². The highest BCUT2D eigenvalue weighted by atomic mass is 16.6. The Morgan fingerprint density at radius 3 is 2.45 bits per heavy atom. The number of β-lactam (4-membered cyclic amide) rings is 1. The van der Waals surface area contributed by atoms with Gasteiger partial charge in [0.1, 0.15) is 5.60 Å². The number of rotatable bonds is 4. The second-order valence-corrected chi connectivity index (χ2v) is 5.74. The first-order valence-electron chi connectivity index (χ1n) is 6.55. The summed E-state index contributed by atoms with van der Waals surface area (Å²) in [5, 5.41) is 2.51. The van der Waals surface area contributed by atoms with Gasteiger partial charge in [0, 0.05) is 0 Å². The van der Waals surface area contributed by atoms with Gasteiger partial charge in [-0.2, -0.15) is 0 Å². The van der Waals surface area contributed by atoms with Crippen LogP contribution < -0.4 is 5.32 Å². The lowest BCUT2D eigenvalue weighted by Crippen LogP contribution is -2.67. The van der Waals surface area contributed by atoms with Gasteiger partial charge in [0.05, 0.1) is 6.61 Å². The van der Waals surface area contributed by atoms with Crippen molar-refractivity contribution in [2.75, 3.05) is 0 Å². The third kappa shape index (κ3) is 3.57. The number of ether oxygens (including phenoxy) is 2. The molecule has 1 aliphatic heterocycles. The predicted molar refractivity (Wildman–Crippen MR) is 72.8 cm³/mol. The quantitative estimate of drug-likeness (QED) is 0.667. The summed E-state index contributed by atoms with van der Waals surface area (Å²) >= 11 is 0. The topological polar surface area (TPSA) is 64.6 Å². The van der Waals surface area contributed by atoms with E-state index in [-0.39, 0.29) is 12.5 Å². The molecule has 0 unspecified atom stereocenters. The van der Waals surface area contributed by atoms with Crippen molar-refractivity contribution in [3.63, 3.8) is 0 Å². The van der Waals surface area contributed by atoms with Gasteiger partial charge in [-0.25, -0.2) is 4.79 Å². The van der Waals surface area contributed by atoms with Crippen molar-refractivity contribution in [2.45, 2.75) is 45.1 Å². The molecule has 0 bridgehead atoms. The number of carbonyl (C=O) groups excluding carboxylic acids is 2. The minimum absolute atomic E-state index is 0.281. The summed E-state index contributed by atoms with van der Waals surface area (Å²) in [4.78, 5) is 23.4. The van der Waals surface area contributed by atoms with Gasteiger partial charge in [-0.3, -0.25) is 4.79 Å². The normalized spacial score (nSPS) is 21.9. The molecule has 0 radical (unpaired) electrons. The molecule has 5 heteroatoms. The summed E-state index contributed by atoms with van der Waals surface area (Å²) in [5.74, 6) is -0.744. The number of hydrogen-bond donors (Lipinski definition) is 1. The van der Waals surface area contributed by atoms with E-state index in [1.807, 2.05) is 30.3 Å². The van der Waals surface area contributed by atoms with Crippen molar-refractivity contribution >= 4 is 11.9 Å². The number of benzene rings is 1. The minimum atomic E-state index is -0.773. The highest BCUT2D eigenvalue weighted by Crippen LogP contribution is 2.18. The maximum absolute atomic E-state index is 11.9. The molecule has 20 heavy (non-hydrogen) atoms. The van der Waals surface area contributed by atoms with Crippen LogP contribution in [-0.2, 0) is 25.7 Å². The van der Waals surface area contributed by atoms with E-state index in [1.165, 1.54) is 0 Å². The summed E-state index contributed by atoms with van der Waals surface area (Å²) < 4.78 is 10.8. The lowest BCUT2D eigenvalue weighted by Gasteiger charge is -2.36. The van der Waals surface area contributed by atoms with E-state index in [1.54, 1.807) is 20.8 Å². The van der Waals surface area contributed by atoms with Crippen LogP contribution in [0.5, 0.6) is 0 Å². The molecular formula is C15H19NO4. The van der Waals surface area contributed by atoms with E-state index in [0.717, 1.165) is 5.56 Å². The third-order valence-corrected chi connectivity index (χ3v) is 2.79. The number of hydrogen-bond acceptors (Lipinski definition) is 4. The highest BCUT2D eigenvalue weighted by molar-refractivity contribution is 5.99. The number of nitrogens with one attached hydrogen (secondary N) is 1. The Kier molecular flexibility index (Phi) is 4.09. The van der Waals surface area contributed by atoms with Crippen LogP contribution in [0.15, 0.2) is 30.3 Å². The van der Waals surface area contributed by atoms with Crippen molar-refractivity contribution in [3.8, 4) is 0 Å². The van der Waals surface area contributed by atoms with Crippen LogP contribution in [0.25, 0.3) is 0 Å². The Hall–Kier alpha value is -1.88. The van der Waals surface area contributed by atoms with Crippen molar-refractivity contribution in [1.82, 2.24) is 5.32 Å². The third-order valence-electron chi connectivity index (χ3n) is 2.79. The zero-order valence-electron chi connectivity index (χ0n) is 11.9. The van der Waals surface area contributed by atoms with Gasteiger partial charge in [-0.05, 0) is 26.3 Å². The molecule has 1 N–H and O–H groups in total. The minimum Gasteiger partial charge on any atom is -0.458 e. The van der Waals surface area contributed by atoms with Gasteiger partial charge < -0.3 is 14.8 Å². The molecule has 2 atom stereocenters. The molecule has 0 aromatic heterocycles. The molecule has 1 aliphatic rings. The van der Waals surface area contributed by atoms with E-state index in [2.05, 4.69) is 5.32 Å². The van der Waals surface area contributed by atoms with Crippen molar-refractivity contribution < 1.29 is 19.1 Å². The summed E-state index contributed by atoms with van der Waals surface area (Å²) in [5.41, 5.74) is 0.372. The molecule has 1 aromatic rings. The van der Waals surface area contributed by atoms with Gasteiger partial charge in [0.15, 0.2) is 12.1 Å². The molecule has 2 rings (SSSR count). The molecule has 0 spiro atoms. The summed E-state index contributed by atoms with van der Waals surface area (Å²) in [7, 11) is 0. The standard InChI is InChI=1S/C15H19NO4/c1-15(2,3)20-14(18)11-12(13(17)16-11)19-9-10-7-5-4-6-8-10/h4-8,11-12H,9H2,1-3H3,(H,16,17)/t11-,12-/m1/s1. The molecule has 5 nitrogen and oxygen atoms in total.